The highest BCUT2D eigenvalue weighted by Crippen LogP contribution is 2.29. The maximum Gasteiger partial charge on any atom is 0.287 e. The molecule has 2 atom stereocenters. The summed E-state index contributed by atoms with van der Waals surface area (Å²) in [5.74, 6) is 0.393. The summed E-state index contributed by atoms with van der Waals surface area (Å²) in [7, 11) is 1.56. The van der Waals surface area contributed by atoms with Gasteiger partial charge in [0.25, 0.3) is 11.5 Å². The Kier molecular flexibility index (Phi) is 4.78. The van der Waals surface area contributed by atoms with Gasteiger partial charge in [-0.1, -0.05) is 12.1 Å². The Morgan fingerprint density at radius 2 is 2.10 bits per heavy atom. The minimum Gasteiger partial charge on any atom is -0.493 e. The lowest BCUT2D eigenvalue weighted by Crippen LogP contribution is -2.44. The molecule has 1 amide bonds. The molecule has 0 bridgehead atoms. The standard InChI is InChI=1S/C22H23N3O5/c1-28-18-8-4-6-14-9-19(30-21(14)18)22(27)23-16-11-29-12-17(16)25-20(26)10-13-5-2-3-7-15(13)24-25/h4,6,8-10,16-17H,2-3,5,7,11-12H2,1H3,(H,23,27). The van der Waals surface area contributed by atoms with Crippen molar-refractivity contribution in [2.45, 2.75) is 37.8 Å². The molecule has 5 rings (SSSR count). The average molecular weight is 409 g/mol. The molecule has 1 fully saturated rings. The number of carbonyl (C=O) groups excluding carboxylic acids is 1. The van der Waals surface area contributed by atoms with Gasteiger partial charge in [-0.3, -0.25) is 9.59 Å². The van der Waals surface area contributed by atoms with Crippen LogP contribution in [0.15, 0.2) is 39.5 Å². The van der Waals surface area contributed by atoms with Crippen LogP contribution in [0.3, 0.4) is 0 Å². The number of hydrogen-bond donors (Lipinski definition) is 1. The van der Waals surface area contributed by atoms with Crippen molar-refractivity contribution in [2.75, 3.05) is 20.3 Å². The van der Waals surface area contributed by atoms with Gasteiger partial charge in [-0.2, -0.15) is 5.10 Å². The van der Waals surface area contributed by atoms with Crippen LogP contribution in [-0.4, -0.2) is 42.1 Å². The van der Waals surface area contributed by atoms with E-state index in [1.165, 1.54) is 4.68 Å². The molecule has 1 N–H and O–H groups in total. The third-order valence-electron chi connectivity index (χ3n) is 5.87. The SMILES string of the molecule is COc1cccc2cc(C(=O)NC3COCC3n3nc4c(cc3=O)CCCC4)oc12. The van der Waals surface area contributed by atoms with E-state index in [0.29, 0.717) is 24.5 Å². The molecule has 0 spiro atoms. The molecule has 30 heavy (non-hydrogen) atoms. The molecule has 2 unspecified atom stereocenters. The zero-order valence-corrected chi connectivity index (χ0v) is 16.7. The van der Waals surface area contributed by atoms with Crippen molar-refractivity contribution < 1.29 is 18.7 Å². The van der Waals surface area contributed by atoms with Crippen molar-refractivity contribution in [3.05, 3.63) is 57.7 Å². The molecule has 2 aliphatic rings. The summed E-state index contributed by atoms with van der Waals surface area (Å²) in [4.78, 5) is 25.5. The smallest absolute Gasteiger partial charge is 0.287 e. The van der Waals surface area contributed by atoms with E-state index in [4.69, 9.17) is 13.9 Å². The van der Waals surface area contributed by atoms with Crippen molar-refractivity contribution >= 4 is 16.9 Å². The van der Waals surface area contributed by atoms with Crippen LogP contribution < -0.4 is 15.6 Å². The number of rotatable bonds is 4. The van der Waals surface area contributed by atoms with E-state index in [1.54, 1.807) is 25.3 Å². The van der Waals surface area contributed by atoms with Crippen molar-refractivity contribution in [1.29, 1.82) is 0 Å². The number of methoxy groups -OCH3 is 1. The van der Waals surface area contributed by atoms with E-state index >= 15 is 0 Å². The molecule has 1 aliphatic heterocycles. The fourth-order valence-electron chi connectivity index (χ4n) is 4.28. The summed E-state index contributed by atoms with van der Waals surface area (Å²) in [5, 5.41) is 8.35. The number of fused-ring (bicyclic) bond motifs is 2. The molecule has 8 heteroatoms. The van der Waals surface area contributed by atoms with Gasteiger partial charge >= 0.3 is 0 Å². The summed E-state index contributed by atoms with van der Waals surface area (Å²) in [6, 6.07) is 8.12. The Labute approximate surface area is 172 Å². The van der Waals surface area contributed by atoms with Crippen LogP contribution in [0.4, 0.5) is 0 Å². The highest BCUT2D eigenvalue weighted by molar-refractivity contribution is 5.97. The maximum absolute atomic E-state index is 12.9. The number of nitrogens with one attached hydrogen (secondary N) is 1. The molecular weight excluding hydrogens is 386 g/mol. The molecule has 156 valence electrons. The lowest BCUT2D eigenvalue weighted by atomic mass is 9.97. The summed E-state index contributed by atoms with van der Waals surface area (Å²) >= 11 is 0. The van der Waals surface area contributed by atoms with E-state index in [2.05, 4.69) is 10.4 Å². The van der Waals surface area contributed by atoms with Gasteiger partial charge in [-0.05, 0) is 43.4 Å². The van der Waals surface area contributed by atoms with Gasteiger partial charge in [-0.25, -0.2) is 4.68 Å². The van der Waals surface area contributed by atoms with Crippen LogP contribution in [0, 0.1) is 0 Å². The number of para-hydroxylation sites is 1. The van der Waals surface area contributed by atoms with Crippen LogP contribution in [0.5, 0.6) is 5.75 Å². The highest BCUT2D eigenvalue weighted by Gasteiger charge is 2.34. The minimum absolute atomic E-state index is 0.154. The van der Waals surface area contributed by atoms with Crippen LogP contribution in [0.1, 0.15) is 40.7 Å². The summed E-state index contributed by atoms with van der Waals surface area (Å²) < 4.78 is 18.1. The van der Waals surface area contributed by atoms with Crippen LogP contribution >= 0.6 is 0 Å². The number of benzene rings is 1. The summed E-state index contributed by atoms with van der Waals surface area (Å²) in [6.07, 6.45) is 3.94. The predicted octanol–water partition coefficient (Wildman–Crippen LogP) is 2.25. The molecule has 1 aromatic carbocycles. The second-order valence-corrected chi connectivity index (χ2v) is 7.78. The van der Waals surface area contributed by atoms with Gasteiger partial charge in [0.2, 0.25) is 0 Å². The number of carbonyl (C=O) groups is 1. The third kappa shape index (κ3) is 3.27. The van der Waals surface area contributed by atoms with E-state index in [-0.39, 0.29) is 29.3 Å². The van der Waals surface area contributed by atoms with Crippen molar-refractivity contribution in [3.63, 3.8) is 0 Å². The zero-order valence-electron chi connectivity index (χ0n) is 16.7. The fraction of sp³-hybridized carbons (Fsp3) is 0.409. The number of nitrogens with zero attached hydrogens (tertiary/aromatic N) is 2. The van der Waals surface area contributed by atoms with Crippen molar-refractivity contribution in [1.82, 2.24) is 15.1 Å². The number of ether oxygens (including phenoxy) is 2. The number of hydrogen-bond acceptors (Lipinski definition) is 6. The molecule has 3 heterocycles. The second kappa shape index (κ2) is 7.60. The summed E-state index contributed by atoms with van der Waals surface area (Å²) in [6.45, 7) is 0.635. The largest absolute Gasteiger partial charge is 0.493 e. The Morgan fingerprint density at radius 1 is 1.23 bits per heavy atom. The molecule has 8 nitrogen and oxygen atoms in total. The Bertz CT molecular complexity index is 1170. The molecular formula is C22H23N3O5. The molecule has 3 aromatic rings. The lowest BCUT2D eigenvalue weighted by molar-refractivity contribution is 0.0898. The number of aryl methyl sites for hydroxylation is 2. The zero-order chi connectivity index (χ0) is 20.7. The molecule has 0 radical (unpaired) electrons. The summed E-state index contributed by atoms with van der Waals surface area (Å²) in [5.41, 5.74) is 2.39. The van der Waals surface area contributed by atoms with Crippen molar-refractivity contribution in [3.8, 4) is 5.75 Å². The van der Waals surface area contributed by atoms with E-state index in [9.17, 15) is 9.59 Å². The predicted molar refractivity (Wildman–Crippen MR) is 109 cm³/mol. The normalized spacial score (nSPS) is 20.8. The number of amides is 1. The topological polar surface area (TPSA) is 95.6 Å². The van der Waals surface area contributed by atoms with Gasteiger partial charge in [0.05, 0.1) is 32.1 Å². The molecule has 1 saturated heterocycles. The third-order valence-corrected chi connectivity index (χ3v) is 5.87. The van der Waals surface area contributed by atoms with Gasteiger partial charge in [0.1, 0.15) is 6.04 Å². The van der Waals surface area contributed by atoms with E-state index < -0.39 is 0 Å². The fourth-order valence-corrected chi connectivity index (χ4v) is 4.28. The first-order chi connectivity index (χ1) is 14.6. The first-order valence-electron chi connectivity index (χ1n) is 10.2. The van der Waals surface area contributed by atoms with Gasteiger partial charge in [0, 0.05) is 11.5 Å². The van der Waals surface area contributed by atoms with Crippen LogP contribution in [-0.2, 0) is 17.6 Å². The van der Waals surface area contributed by atoms with E-state index in [1.807, 2.05) is 12.1 Å². The quantitative estimate of drug-likeness (QED) is 0.710. The maximum atomic E-state index is 12.9. The highest BCUT2D eigenvalue weighted by atomic mass is 16.5. The van der Waals surface area contributed by atoms with Gasteiger partial charge < -0.3 is 19.2 Å². The van der Waals surface area contributed by atoms with Crippen LogP contribution in [0.25, 0.3) is 11.0 Å². The van der Waals surface area contributed by atoms with Gasteiger partial charge in [-0.15, -0.1) is 0 Å². The van der Waals surface area contributed by atoms with Crippen LogP contribution in [0.2, 0.25) is 0 Å². The van der Waals surface area contributed by atoms with E-state index in [0.717, 1.165) is 42.3 Å². The van der Waals surface area contributed by atoms with Crippen molar-refractivity contribution in [2.24, 2.45) is 0 Å². The first-order valence-corrected chi connectivity index (χ1v) is 10.2. The Morgan fingerprint density at radius 3 is 2.97 bits per heavy atom. The van der Waals surface area contributed by atoms with Gasteiger partial charge in [0.15, 0.2) is 17.1 Å². The molecule has 2 aromatic heterocycles. The average Bonchev–Trinajstić information content (AvgIpc) is 3.40. The molecule has 0 saturated carbocycles. The Hall–Kier alpha value is -3.13. The molecule has 1 aliphatic carbocycles. The number of furan rings is 1. The Balaban J connectivity index is 1.40. The minimum atomic E-state index is -0.376. The number of aromatic nitrogens is 2. The lowest BCUT2D eigenvalue weighted by Gasteiger charge is -2.22. The second-order valence-electron chi connectivity index (χ2n) is 7.78. The monoisotopic (exact) mass is 409 g/mol. The first kappa shape index (κ1) is 18.9.